The first-order chi connectivity index (χ1) is 13.1. The lowest BCUT2D eigenvalue weighted by atomic mass is 10.1. The maximum Gasteiger partial charge on any atom is 0.269 e. The van der Waals surface area contributed by atoms with Crippen molar-refractivity contribution in [1.29, 1.82) is 0 Å². The van der Waals surface area contributed by atoms with E-state index >= 15 is 0 Å². The van der Waals surface area contributed by atoms with Gasteiger partial charge in [0, 0.05) is 35.7 Å². The number of nitro groups is 1. The summed E-state index contributed by atoms with van der Waals surface area (Å²) in [5.74, 6) is 0.881. The van der Waals surface area contributed by atoms with Crippen LogP contribution in [-0.2, 0) is 6.42 Å². The second kappa shape index (κ2) is 8.81. The van der Waals surface area contributed by atoms with Crippen molar-refractivity contribution >= 4 is 34.1 Å². The fourth-order valence-electron chi connectivity index (χ4n) is 2.80. The van der Waals surface area contributed by atoms with E-state index in [2.05, 4.69) is 24.0 Å². The molecule has 0 aliphatic carbocycles. The van der Waals surface area contributed by atoms with E-state index in [0.29, 0.717) is 5.56 Å². The third kappa shape index (κ3) is 4.74. The fraction of sp³-hybridized carbons (Fsp3) is 0.300. The van der Waals surface area contributed by atoms with Crippen LogP contribution in [0.15, 0.2) is 53.5 Å². The van der Waals surface area contributed by atoms with Crippen molar-refractivity contribution in [2.45, 2.75) is 19.8 Å². The summed E-state index contributed by atoms with van der Waals surface area (Å²) in [7, 11) is 0. The highest BCUT2D eigenvalue weighted by Gasteiger charge is 2.21. The molecule has 1 aliphatic rings. The molecule has 0 N–H and O–H groups in total. The zero-order valence-corrected chi connectivity index (χ0v) is 15.9. The topological polar surface area (TPSA) is 75.8 Å². The number of non-ortho nitro benzene ring substituents is 1. The second-order valence-corrected chi connectivity index (χ2v) is 7.26. The molecule has 0 fully saturated rings. The molecule has 0 radical (unpaired) electrons. The van der Waals surface area contributed by atoms with Crippen molar-refractivity contribution in [2.24, 2.45) is 4.99 Å². The van der Waals surface area contributed by atoms with Gasteiger partial charge in [0.1, 0.15) is 0 Å². The molecule has 6 nitrogen and oxygen atoms in total. The molecule has 0 amide bonds. The number of anilines is 1. The van der Waals surface area contributed by atoms with Gasteiger partial charge >= 0.3 is 0 Å². The minimum Gasteiger partial charge on any atom is -0.313 e. The molecule has 0 saturated carbocycles. The minimum absolute atomic E-state index is 0.0224. The molecule has 1 heterocycles. The summed E-state index contributed by atoms with van der Waals surface area (Å²) in [5.41, 5.74) is 2.59. The van der Waals surface area contributed by atoms with Gasteiger partial charge in [0.25, 0.3) is 5.69 Å². The summed E-state index contributed by atoms with van der Waals surface area (Å²) in [6.07, 6.45) is 1.99. The van der Waals surface area contributed by atoms with E-state index in [1.165, 1.54) is 29.8 Å². The highest BCUT2D eigenvalue weighted by molar-refractivity contribution is 8.14. The second-order valence-electron chi connectivity index (χ2n) is 6.20. The molecular weight excluding hydrogens is 362 g/mol. The number of nitro benzene ring substituents is 1. The number of ketones is 1. The Kier molecular flexibility index (Phi) is 6.24. The Labute approximate surface area is 162 Å². The summed E-state index contributed by atoms with van der Waals surface area (Å²) in [6.45, 7) is 3.01. The molecule has 0 bridgehead atoms. The van der Waals surface area contributed by atoms with Crippen molar-refractivity contribution < 1.29 is 9.72 Å². The van der Waals surface area contributed by atoms with Crippen LogP contribution in [0.25, 0.3) is 0 Å². The summed E-state index contributed by atoms with van der Waals surface area (Å²) in [4.78, 5) is 29.7. The Morgan fingerprint density at radius 3 is 2.44 bits per heavy atom. The van der Waals surface area contributed by atoms with Gasteiger partial charge in [-0.1, -0.05) is 30.8 Å². The van der Waals surface area contributed by atoms with Crippen LogP contribution in [-0.4, -0.2) is 34.7 Å². The third-order valence-electron chi connectivity index (χ3n) is 4.37. The molecule has 0 spiro atoms. The lowest BCUT2D eigenvalue weighted by molar-refractivity contribution is -0.384. The van der Waals surface area contributed by atoms with Crippen molar-refractivity contribution in [3.63, 3.8) is 0 Å². The van der Waals surface area contributed by atoms with E-state index in [0.717, 1.165) is 36.0 Å². The number of hydrogen-bond acceptors (Lipinski definition) is 6. The number of nitrogens with zero attached hydrogens (tertiary/aromatic N) is 3. The summed E-state index contributed by atoms with van der Waals surface area (Å²) in [5, 5.41) is 11.6. The number of aliphatic imine (C=N–C) groups is 1. The first kappa shape index (κ1) is 19.1. The highest BCUT2D eigenvalue weighted by Crippen LogP contribution is 2.24. The van der Waals surface area contributed by atoms with Crippen molar-refractivity contribution in [1.82, 2.24) is 0 Å². The zero-order chi connectivity index (χ0) is 19.2. The molecule has 1 aliphatic heterocycles. The third-order valence-corrected chi connectivity index (χ3v) is 5.47. The van der Waals surface area contributed by atoms with E-state index in [4.69, 9.17) is 0 Å². The van der Waals surface area contributed by atoms with Crippen LogP contribution in [0.2, 0.25) is 0 Å². The minimum atomic E-state index is -0.469. The first-order valence-corrected chi connectivity index (χ1v) is 9.88. The number of aryl methyl sites for hydroxylation is 1. The molecule has 140 valence electrons. The lowest BCUT2D eigenvalue weighted by Crippen LogP contribution is -2.35. The Morgan fingerprint density at radius 2 is 1.89 bits per heavy atom. The van der Waals surface area contributed by atoms with Gasteiger partial charge in [0.05, 0.1) is 11.5 Å². The summed E-state index contributed by atoms with van der Waals surface area (Å²) < 4.78 is 0. The van der Waals surface area contributed by atoms with E-state index < -0.39 is 4.92 Å². The van der Waals surface area contributed by atoms with E-state index in [9.17, 15) is 14.9 Å². The van der Waals surface area contributed by atoms with E-state index in [-0.39, 0.29) is 18.0 Å². The van der Waals surface area contributed by atoms with Gasteiger partial charge in [-0.25, -0.2) is 0 Å². The van der Waals surface area contributed by atoms with Crippen molar-refractivity contribution in [3.05, 3.63) is 69.8 Å². The van der Waals surface area contributed by atoms with Crippen molar-refractivity contribution in [3.8, 4) is 0 Å². The number of rotatable bonds is 6. The molecule has 7 heteroatoms. The average Bonchev–Trinajstić information content (AvgIpc) is 2.72. The van der Waals surface area contributed by atoms with Crippen LogP contribution in [0.5, 0.6) is 0 Å². The van der Waals surface area contributed by atoms with Crippen LogP contribution in [0.4, 0.5) is 11.4 Å². The van der Waals surface area contributed by atoms with Crippen molar-refractivity contribution in [2.75, 3.05) is 23.7 Å². The highest BCUT2D eigenvalue weighted by atomic mass is 32.2. The van der Waals surface area contributed by atoms with E-state index in [1.54, 1.807) is 11.8 Å². The standard InChI is InChI=1S/C20H21N3O3S/c1-2-15-4-8-17(9-5-15)22(20-21-12-3-13-27-20)14-19(24)16-6-10-18(11-7-16)23(25)26/h4-11H,2-3,12-14H2,1H3. The van der Waals surface area contributed by atoms with E-state index in [1.807, 2.05) is 17.0 Å². The smallest absolute Gasteiger partial charge is 0.269 e. The maximum absolute atomic E-state index is 12.8. The Morgan fingerprint density at radius 1 is 1.19 bits per heavy atom. The average molecular weight is 383 g/mol. The van der Waals surface area contributed by atoms with Gasteiger partial charge in [-0.05, 0) is 42.7 Å². The number of carbonyl (C=O) groups is 1. The SMILES string of the molecule is CCc1ccc(N(CC(=O)c2ccc([N+](=O)[O-])cc2)C2=NCCCS2)cc1. The predicted octanol–water partition coefficient (Wildman–Crippen LogP) is 4.34. The largest absolute Gasteiger partial charge is 0.313 e. The Balaban J connectivity index is 1.84. The number of Topliss-reactive ketones (excluding diaryl/α,β-unsaturated/α-hetero) is 1. The monoisotopic (exact) mass is 383 g/mol. The van der Waals surface area contributed by atoms with Gasteiger partial charge < -0.3 is 4.90 Å². The van der Waals surface area contributed by atoms with Crippen LogP contribution in [0, 0.1) is 10.1 Å². The summed E-state index contributed by atoms with van der Waals surface area (Å²) in [6, 6.07) is 13.9. The van der Waals surface area contributed by atoms with Gasteiger partial charge in [-0.3, -0.25) is 19.9 Å². The first-order valence-electron chi connectivity index (χ1n) is 8.90. The van der Waals surface area contributed by atoms with Gasteiger partial charge in [0.2, 0.25) is 0 Å². The molecule has 0 unspecified atom stereocenters. The fourth-order valence-corrected chi connectivity index (χ4v) is 3.76. The maximum atomic E-state index is 12.8. The molecule has 0 atom stereocenters. The number of thioether (sulfide) groups is 1. The van der Waals surface area contributed by atoms with Crippen LogP contribution in [0.3, 0.4) is 0 Å². The molecule has 0 saturated heterocycles. The molecule has 2 aromatic rings. The van der Waals surface area contributed by atoms with Gasteiger partial charge in [0.15, 0.2) is 11.0 Å². The normalized spacial score (nSPS) is 13.7. The molecule has 0 aromatic heterocycles. The van der Waals surface area contributed by atoms with Crippen LogP contribution >= 0.6 is 11.8 Å². The number of benzene rings is 2. The molecule has 3 rings (SSSR count). The zero-order valence-electron chi connectivity index (χ0n) is 15.1. The lowest BCUT2D eigenvalue weighted by Gasteiger charge is -2.27. The van der Waals surface area contributed by atoms with Crippen LogP contribution in [0.1, 0.15) is 29.3 Å². The van der Waals surface area contributed by atoms with Gasteiger partial charge in [-0.15, -0.1) is 0 Å². The number of carbonyl (C=O) groups excluding carboxylic acids is 1. The molecular formula is C20H21N3O3S. The number of hydrogen-bond donors (Lipinski definition) is 0. The van der Waals surface area contributed by atoms with Crippen LogP contribution < -0.4 is 4.90 Å². The molecule has 2 aromatic carbocycles. The quantitative estimate of drug-likeness (QED) is 0.421. The predicted molar refractivity (Wildman–Crippen MR) is 110 cm³/mol. The van der Waals surface area contributed by atoms with Gasteiger partial charge in [-0.2, -0.15) is 0 Å². The Bertz CT molecular complexity index is 848. The number of amidine groups is 1. The summed E-state index contributed by atoms with van der Waals surface area (Å²) >= 11 is 1.65. The Hall–Kier alpha value is -2.67. The molecule has 27 heavy (non-hydrogen) atoms.